The Morgan fingerprint density at radius 2 is 1.85 bits per heavy atom. The number of amides is 1. The molecule has 1 unspecified atom stereocenters. The number of nitrogens with zero attached hydrogens (tertiary/aromatic N) is 3. The minimum atomic E-state index is -4.12. The molecule has 11 heteroatoms. The van der Waals surface area contributed by atoms with Gasteiger partial charge in [0.25, 0.3) is 15.6 Å². The molecular formula is C35H37ClN3O6S+. The zero-order valence-corrected chi connectivity index (χ0v) is 27.4. The molecule has 1 fully saturated rings. The van der Waals surface area contributed by atoms with Crippen LogP contribution in [0, 0.1) is 0 Å². The summed E-state index contributed by atoms with van der Waals surface area (Å²) < 4.78 is 47.1. The number of fused-ring (bicyclic) bond motifs is 2. The lowest BCUT2D eigenvalue weighted by atomic mass is 10.1. The van der Waals surface area contributed by atoms with Gasteiger partial charge in [-0.15, -0.1) is 0 Å². The fourth-order valence-electron chi connectivity index (χ4n) is 5.93. The second-order valence-corrected chi connectivity index (χ2v) is 13.5. The maximum absolute atomic E-state index is 12.3. The van der Waals surface area contributed by atoms with Crippen LogP contribution in [0.1, 0.15) is 45.4 Å². The van der Waals surface area contributed by atoms with Crippen LogP contribution in [0.15, 0.2) is 88.7 Å². The van der Waals surface area contributed by atoms with E-state index in [2.05, 4.69) is 11.8 Å². The van der Waals surface area contributed by atoms with Crippen molar-refractivity contribution >= 4 is 50.5 Å². The summed E-state index contributed by atoms with van der Waals surface area (Å²) in [5.41, 5.74) is 5.30. The fourth-order valence-corrected chi connectivity index (χ4v) is 6.59. The number of aryl methyl sites for hydroxylation is 1. The molecule has 0 radical (unpaired) electrons. The topological polar surface area (TPSA) is 104 Å². The molecule has 2 aliphatic rings. The van der Waals surface area contributed by atoms with Gasteiger partial charge in [0.2, 0.25) is 17.4 Å². The summed E-state index contributed by atoms with van der Waals surface area (Å²) in [5, 5.41) is 0.595. The van der Waals surface area contributed by atoms with E-state index in [0.717, 1.165) is 40.9 Å². The molecule has 0 aliphatic carbocycles. The molecule has 1 N–H and O–H groups in total. The monoisotopic (exact) mass is 662 g/mol. The van der Waals surface area contributed by atoms with Gasteiger partial charge in [0.15, 0.2) is 12.3 Å². The molecule has 4 aromatic rings. The van der Waals surface area contributed by atoms with Gasteiger partial charge < -0.3 is 19.0 Å². The number of oxazole rings is 1. The Labute approximate surface area is 274 Å². The first-order valence-electron chi connectivity index (χ1n) is 15.6. The minimum Gasteiger partial charge on any atom is -0.439 e. The quantitative estimate of drug-likeness (QED) is 0.0947. The highest BCUT2D eigenvalue weighted by atomic mass is 35.5. The number of rotatable bonds is 13. The number of hydrogen-bond acceptors (Lipinski definition) is 6. The Morgan fingerprint density at radius 1 is 1.04 bits per heavy atom. The molecule has 0 bridgehead atoms. The third kappa shape index (κ3) is 6.99. The summed E-state index contributed by atoms with van der Waals surface area (Å²) in [6.45, 7) is 5.77. The van der Waals surface area contributed by atoms with E-state index in [1.54, 1.807) is 6.07 Å². The molecule has 2 aliphatic heterocycles. The second-order valence-electron chi connectivity index (χ2n) is 11.5. The Bertz CT molecular complexity index is 1940. The number of ether oxygens (including phenoxy) is 1. The van der Waals surface area contributed by atoms with Crippen LogP contribution in [0.25, 0.3) is 28.3 Å². The molecule has 1 atom stereocenters. The van der Waals surface area contributed by atoms with E-state index < -0.39 is 10.1 Å². The number of hydrogen-bond donors (Lipinski definition) is 1. The highest BCUT2D eigenvalue weighted by Crippen LogP contribution is 2.42. The van der Waals surface area contributed by atoms with Crippen molar-refractivity contribution < 1.29 is 31.5 Å². The molecule has 1 saturated heterocycles. The number of carbonyl (C=O) groups is 1. The Balaban J connectivity index is 1.35. The molecule has 46 heavy (non-hydrogen) atoms. The van der Waals surface area contributed by atoms with Crippen molar-refractivity contribution in [1.82, 2.24) is 4.90 Å². The smallest absolute Gasteiger partial charge is 0.374 e. The third-order valence-electron chi connectivity index (χ3n) is 8.31. The molecule has 1 aromatic heterocycles. The lowest BCUT2D eigenvalue weighted by molar-refractivity contribution is -0.677. The van der Waals surface area contributed by atoms with Gasteiger partial charge >= 0.3 is 5.89 Å². The number of aromatic nitrogens is 1. The van der Waals surface area contributed by atoms with E-state index in [0.29, 0.717) is 54.1 Å². The van der Waals surface area contributed by atoms with Gasteiger partial charge in [0, 0.05) is 36.7 Å². The van der Waals surface area contributed by atoms with Gasteiger partial charge in [-0.3, -0.25) is 9.35 Å². The molecule has 0 spiro atoms. The molecular weight excluding hydrogens is 626 g/mol. The van der Waals surface area contributed by atoms with Crippen LogP contribution in [0.2, 0.25) is 5.02 Å². The van der Waals surface area contributed by atoms with E-state index in [1.807, 2.05) is 89.2 Å². The van der Waals surface area contributed by atoms with Crippen molar-refractivity contribution in [2.24, 2.45) is 0 Å². The first kappa shape index (κ1) is 31.8. The lowest BCUT2D eigenvalue weighted by Crippen LogP contribution is -2.36. The zero-order chi connectivity index (χ0) is 32.4. The van der Waals surface area contributed by atoms with Crippen LogP contribution in [-0.4, -0.2) is 48.7 Å². The molecule has 240 valence electrons. The Hall–Kier alpha value is -4.12. The average Bonchev–Trinajstić information content (AvgIpc) is 3.33. The molecule has 0 saturated carbocycles. The fraction of sp³-hybridized carbons (Fsp3) is 0.314. The first-order valence-corrected chi connectivity index (χ1v) is 17.6. The van der Waals surface area contributed by atoms with Crippen LogP contribution < -0.4 is 14.2 Å². The van der Waals surface area contributed by atoms with Gasteiger partial charge in [-0.05, 0) is 60.2 Å². The van der Waals surface area contributed by atoms with Crippen molar-refractivity contribution in [3.05, 3.63) is 95.2 Å². The predicted octanol–water partition coefficient (Wildman–Crippen LogP) is 6.86. The van der Waals surface area contributed by atoms with Crippen LogP contribution in [-0.2, 0) is 21.5 Å². The highest BCUT2D eigenvalue weighted by molar-refractivity contribution is 7.85. The summed E-state index contributed by atoms with van der Waals surface area (Å²) in [4.78, 5) is 16.3. The van der Waals surface area contributed by atoms with Gasteiger partial charge in [-0.1, -0.05) is 61.8 Å². The van der Waals surface area contributed by atoms with Crippen LogP contribution in [0.4, 0.5) is 5.69 Å². The van der Waals surface area contributed by atoms with Crippen molar-refractivity contribution in [3.63, 3.8) is 0 Å². The molecule has 1 amide bonds. The Morgan fingerprint density at radius 3 is 2.59 bits per heavy atom. The normalized spacial score (nSPS) is 17.2. The number of carbonyl (C=O) groups excluding carboxylic acids is 1. The van der Waals surface area contributed by atoms with Crippen LogP contribution in [0.5, 0.6) is 5.75 Å². The predicted molar refractivity (Wildman–Crippen MR) is 179 cm³/mol. The molecule has 9 nitrogen and oxygen atoms in total. The van der Waals surface area contributed by atoms with Crippen LogP contribution >= 0.6 is 11.6 Å². The van der Waals surface area contributed by atoms with E-state index >= 15 is 0 Å². The standard InChI is InChI=1S/C35H36ClN3O6S/c1-3-16-39-28(35(39)40)15-18-38-30-23-27(36)12-14-32(30)45-34(38)21-24(4-2)20-33-37(17-8-19-46(41,42)43)29-22-26(11-13-31(29)44-33)25-9-6-5-7-10-25/h5-7,9-14,20-23,28H,3-4,8,15-19H2,1-2H3/p+1. The molecule has 3 aromatic carbocycles. The maximum atomic E-state index is 12.3. The van der Waals surface area contributed by atoms with Crippen molar-refractivity contribution in [2.75, 3.05) is 23.7 Å². The van der Waals surface area contributed by atoms with Gasteiger partial charge in [-0.25, -0.2) is 0 Å². The van der Waals surface area contributed by atoms with E-state index in [9.17, 15) is 17.8 Å². The van der Waals surface area contributed by atoms with E-state index in [1.165, 1.54) is 0 Å². The number of halogens is 1. The van der Waals surface area contributed by atoms with E-state index in [4.69, 9.17) is 20.8 Å². The van der Waals surface area contributed by atoms with Crippen molar-refractivity contribution in [2.45, 2.75) is 52.1 Å². The van der Waals surface area contributed by atoms with Gasteiger partial charge in [-0.2, -0.15) is 13.0 Å². The second kappa shape index (κ2) is 13.3. The highest BCUT2D eigenvalue weighted by Gasteiger charge is 2.45. The summed E-state index contributed by atoms with van der Waals surface area (Å²) in [6.07, 6.45) is 6.36. The largest absolute Gasteiger partial charge is 0.439 e. The van der Waals surface area contributed by atoms with Gasteiger partial charge in [0.1, 0.15) is 6.04 Å². The number of allylic oxidation sites excluding steroid dienone is 2. The SMILES string of the molecule is CCCN1C(=O)C1CCN1C(=CC(=Cc2oc3ccc(-c4ccccc4)cc3[n+]2CCCS(=O)(=O)O)CC)Oc2ccc(Cl)cc21. The lowest BCUT2D eigenvalue weighted by Gasteiger charge is -2.18. The number of anilines is 1. The molecule has 3 heterocycles. The maximum Gasteiger partial charge on any atom is 0.374 e. The Kier molecular flexibility index (Phi) is 9.22. The summed E-state index contributed by atoms with van der Waals surface area (Å²) in [5.74, 6) is 1.69. The minimum absolute atomic E-state index is 0.0800. The first-order chi connectivity index (χ1) is 22.1. The number of benzene rings is 3. The van der Waals surface area contributed by atoms with Gasteiger partial charge in [0.05, 0.1) is 17.5 Å². The average molecular weight is 663 g/mol. The summed E-state index contributed by atoms with van der Waals surface area (Å²) >= 11 is 6.37. The zero-order valence-electron chi connectivity index (χ0n) is 25.9. The summed E-state index contributed by atoms with van der Waals surface area (Å²) in [7, 11) is -4.12. The molecule has 6 rings (SSSR count). The summed E-state index contributed by atoms with van der Waals surface area (Å²) in [6, 6.07) is 21.4. The van der Waals surface area contributed by atoms with Crippen LogP contribution in [0.3, 0.4) is 0 Å². The third-order valence-corrected chi connectivity index (χ3v) is 9.35. The van der Waals surface area contributed by atoms with E-state index in [-0.39, 0.29) is 24.1 Å². The van der Waals surface area contributed by atoms with Crippen molar-refractivity contribution in [1.29, 1.82) is 0 Å². The van der Waals surface area contributed by atoms with Crippen molar-refractivity contribution in [3.8, 4) is 16.9 Å².